The molecular weight excluding hydrogens is 552 g/mol. The van der Waals surface area contributed by atoms with E-state index in [4.69, 9.17) is 4.74 Å². The monoisotopic (exact) mass is 573 g/mol. The SMILES string of the molecule is COCCN1CN(c2ccc([N+](=O)[O-])cc2[N+](=O)[O-])n2cc(C(=O)CCc3ccc(F)cc3F)c(=O)c(O)c2C1=O. The van der Waals surface area contributed by atoms with E-state index in [1.165, 1.54) is 7.11 Å². The Balaban J connectivity index is 1.84. The van der Waals surface area contributed by atoms with Crippen LogP contribution in [0.3, 0.4) is 0 Å². The number of aromatic hydroxyl groups is 1. The van der Waals surface area contributed by atoms with Gasteiger partial charge in [-0.15, -0.1) is 0 Å². The zero-order valence-electron chi connectivity index (χ0n) is 21.3. The summed E-state index contributed by atoms with van der Waals surface area (Å²) in [5.74, 6) is -4.56. The van der Waals surface area contributed by atoms with Crippen molar-refractivity contribution in [3.05, 3.63) is 102 Å². The second-order valence-corrected chi connectivity index (χ2v) is 8.86. The number of aryl methyl sites for hydroxylation is 1. The van der Waals surface area contributed by atoms with Gasteiger partial charge in [0.2, 0.25) is 5.43 Å². The van der Waals surface area contributed by atoms with Gasteiger partial charge in [0, 0.05) is 38.4 Å². The zero-order chi connectivity index (χ0) is 30.0. The predicted octanol–water partition coefficient (Wildman–Crippen LogP) is 2.79. The molecule has 1 aliphatic rings. The van der Waals surface area contributed by atoms with Gasteiger partial charge in [-0.25, -0.2) is 13.5 Å². The van der Waals surface area contributed by atoms with Crippen molar-refractivity contribution in [1.29, 1.82) is 0 Å². The number of aromatic nitrogens is 1. The van der Waals surface area contributed by atoms with Crippen molar-refractivity contribution in [1.82, 2.24) is 9.58 Å². The molecule has 4 rings (SSSR count). The van der Waals surface area contributed by atoms with Crippen LogP contribution in [-0.2, 0) is 11.2 Å². The van der Waals surface area contributed by atoms with E-state index >= 15 is 0 Å². The van der Waals surface area contributed by atoms with Crippen LogP contribution >= 0.6 is 0 Å². The Morgan fingerprint density at radius 2 is 1.83 bits per heavy atom. The third-order valence-electron chi connectivity index (χ3n) is 6.37. The third-order valence-corrected chi connectivity index (χ3v) is 6.37. The van der Waals surface area contributed by atoms with E-state index in [0.717, 1.165) is 45.0 Å². The van der Waals surface area contributed by atoms with Crippen LogP contribution < -0.4 is 10.4 Å². The van der Waals surface area contributed by atoms with Crippen LogP contribution in [0.2, 0.25) is 0 Å². The van der Waals surface area contributed by atoms with Crippen LogP contribution in [0.5, 0.6) is 5.75 Å². The maximum atomic E-state index is 14.0. The van der Waals surface area contributed by atoms with Gasteiger partial charge in [-0.3, -0.25) is 39.6 Å². The highest BCUT2D eigenvalue weighted by atomic mass is 19.1. The minimum absolute atomic E-state index is 0.00544. The second-order valence-electron chi connectivity index (χ2n) is 8.86. The number of nitrogens with zero attached hydrogens (tertiary/aromatic N) is 5. The molecule has 16 heteroatoms. The molecule has 1 aromatic heterocycles. The number of nitro groups is 2. The quantitative estimate of drug-likeness (QED) is 0.215. The molecule has 0 atom stereocenters. The number of amides is 1. The van der Waals surface area contributed by atoms with Gasteiger partial charge >= 0.3 is 5.69 Å². The molecule has 1 aliphatic heterocycles. The highest BCUT2D eigenvalue weighted by molar-refractivity contribution is 6.00. The molecule has 14 nitrogen and oxygen atoms in total. The van der Waals surface area contributed by atoms with Gasteiger partial charge in [-0.05, 0) is 24.1 Å². The summed E-state index contributed by atoms with van der Waals surface area (Å²) in [5.41, 5.74) is -4.02. The minimum atomic E-state index is -1.21. The molecule has 0 saturated heterocycles. The number of nitro benzene ring substituents is 2. The summed E-state index contributed by atoms with van der Waals surface area (Å²) < 4.78 is 33.1. The summed E-state index contributed by atoms with van der Waals surface area (Å²) in [5, 5.41) is 35.0. The molecule has 1 N–H and O–H groups in total. The van der Waals surface area contributed by atoms with E-state index in [9.17, 15) is 48.5 Å². The third kappa shape index (κ3) is 5.58. The van der Waals surface area contributed by atoms with Gasteiger partial charge < -0.3 is 14.7 Å². The molecule has 0 fully saturated rings. The number of ether oxygens (including phenoxy) is 1. The van der Waals surface area contributed by atoms with Gasteiger partial charge in [-0.1, -0.05) is 6.07 Å². The van der Waals surface area contributed by atoms with Crippen LogP contribution in [-0.4, -0.2) is 63.1 Å². The minimum Gasteiger partial charge on any atom is -0.502 e. The summed E-state index contributed by atoms with van der Waals surface area (Å²) in [4.78, 5) is 61.8. The number of fused-ring (bicyclic) bond motifs is 1. The number of halogens is 2. The highest BCUT2D eigenvalue weighted by Gasteiger charge is 2.37. The Morgan fingerprint density at radius 3 is 2.46 bits per heavy atom. The van der Waals surface area contributed by atoms with Crippen molar-refractivity contribution >= 4 is 28.8 Å². The maximum absolute atomic E-state index is 14.0. The first-order valence-electron chi connectivity index (χ1n) is 11.9. The van der Waals surface area contributed by atoms with E-state index in [2.05, 4.69) is 0 Å². The van der Waals surface area contributed by atoms with Gasteiger partial charge in [0.05, 0.1) is 28.1 Å². The fourth-order valence-corrected chi connectivity index (χ4v) is 4.28. The summed E-state index contributed by atoms with van der Waals surface area (Å²) in [6.07, 6.45) is 0.244. The molecule has 0 spiro atoms. The molecule has 2 aromatic carbocycles. The molecule has 214 valence electrons. The van der Waals surface area contributed by atoms with Crippen LogP contribution in [0.15, 0.2) is 47.4 Å². The number of anilines is 1. The number of methoxy groups -OCH3 is 1. The van der Waals surface area contributed by atoms with Crippen molar-refractivity contribution in [2.75, 3.05) is 31.9 Å². The lowest BCUT2D eigenvalue weighted by Crippen LogP contribution is -2.53. The average Bonchev–Trinajstić information content (AvgIpc) is 2.93. The largest absolute Gasteiger partial charge is 0.502 e. The van der Waals surface area contributed by atoms with Crippen molar-refractivity contribution in [2.45, 2.75) is 12.8 Å². The van der Waals surface area contributed by atoms with Crippen LogP contribution in [0.4, 0.5) is 25.8 Å². The van der Waals surface area contributed by atoms with Gasteiger partial charge in [0.15, 0.2) is 17.2 Å². The number of Topliss-reactive ketones (excluding diaryl/α,β-unsaturated/α-hetero) is 1. The van der Waals surface area contributed by atoms with Crippen molar-refractivity contribution in [3.8, 4) is 5.75 Å². The molecule has 0 radical (unpaired) electrons. The summed E-state index contributed by atoms with van der Waals surface area (Å²) >= 11 is 0. The van der Waals surface area contributed by atoms with E-state index in [0.29, 0.717) is 12.1 Å². The predicted molar refractivity (Wildman–Crippen MR) is 137 cm³/mol. The van der Waals surface area contributed by atoms with E-state index in [-0.39, 0.29) is 30.8 Å². The number of rotatable bonds is 10. The van der Waals surface area contributed by atoms with Crippen LogP contribution in [0.1, 0.15) is 32.8 Å². The number of hydrogen-bond acceptors (Lipinski definition) is 10. The number of ketones is 1. The number of pyridine rings is 1. The van der Waals surface area contributed by atoms with Crippen molar-refractivity contribution < 1.29 is 38.1 Å². The average molecular weight is 573 g/mol. The van der Waals surface area contributed by atoms with Gasteiger partial charge in [-0.2, -0.15) is 0 Å². The molecule has 0 unspecified atom stereocenters. The van der Waals surface area contributed by atoms with Crippen molar-refractivity contribution in [3.63, 3.8) is 0 Å². The summed E-state index contributed by atoms with van der Waals surface area (Å²) in [7, 11) is 1.36. The Kier molecular flexibility index (Phi) is 8.04. The molecule has 3 aromatic rings. The van der Waals surface area contributed by atoms with E-state index < -0.39 is 80.1 Å². The standard InChI is InChI=1S/C25H21F2N5O9/c1-41-9-8-28-13-30(19-6-5-16(31(37)38)11-20(19)32(39)40)29-12-17(23(34)24(35)22(29)25(28)36)21(33)7-3-14-2-4-15(26)10-18(14)27/h2,4-6,10-12,35H,3,7-9,13H2,1H3. The lowest BCUT2D eigenvalue weighted by atomic mass is 10.0. The van der Waals surface area contributed by atoms with E-state index in [1.807, 2.05) is 0 Å². The lowest BCUT2D eigenvalue weighted by molar-refractivity contribution is -0.393. The highest BCUT2D eigenvalue weighted by Crippen LogP contribution is 2.35. The Morgan fingerprint density at radius 1 is 1.10 bits per heavy atom. The Labute approximate surface area is 228 Å². The second kappa shape index (κ2) is 11.5. The fourth-order valence-electron chi connectivity index (χ4n) is 4.28. The molecule has 0 bridgehead atoms. The molecule has 1 amide bonds. The Hall–Kier alpha value is -5.25. The van der Waals surface area contributed by atoms with Crippen molar-refractivity contribution in [2.24, 2.45) is 0 Å². The molecule has 0 saturated carbocycles. The number of non-ortho nitro benzene ring substituents is 1. The number of hydrogen-bond donors (Lipinski definition) is 1. The first kappa shape index (κ1) is 28.8. The lowest BCUT2D eigenvalue weighted by Gasteiger charge is -2.39. The van der Waals surface area contributed by atoms with Gasteiger partial charge in [0.1, 0.15) is 24.0 Å². The number of carbonyl (C=O) groups excluding carboxylic acids is 2. The smallest absolute Gasteiger partial charge is 0.301 e. The number of benzene rings is 2. The first-order chi connectivity index (χ1) is 19.4. The summed E-state index contributed by atoms with van der Waals surface area (Å²) in [6, 6.07) is 5.52. The van der Waals surface area contributed by atoms with Gasteiger partial charge in [0.25, 0.3) is 11.6 Å². The molecule has 0 aliphatic carbocycles. The topological polar surface area (TPSA) is 178 Å². The molecular formula is C25H21F2N5O9. The van der Waals surface area contributed by atoms with Crippen LogP contribution in [0, 0.1) is 31.9 Å². The van der Waals surface area contributed by atoms with Crippen LogP contribution in [0.25, 0.3) is 0 Å². The number of carbonyl (C=O) groups is 2. The first-order valence-corrected chi connectivity index (χ1v) is 11.9. The summed E-state index contributed by atoms with van der Waals surface area (Å²) in [6.45, 7) is -0.446. The molecule has 2 heterocycles. The zero-order valence-corrected chi connectivity index (χ0v) is 21.3. The normalized spacial score (nSPS) is 12.8. The Bertz CT molecular complexity index is 1640. The van der Waals surface area contributed by atoms with E-state index in [1.54, 1.807) is 0 Å². The maximum Gasteiger partial charge on any atom is 0.301 e. The molecule has 41 heavy (non-hydrogen) atoms. The fraction of sp³-hybridized carbons (Fsp3) is 0.240.